The summed E-state index contributed by atoms with van der Waals surface area (Å²) in [6, 6.07) is 42.4. The molecule has 4 aromatic carbocycles. The molecule has 0 unspecified atom stereocenters. The molecular weight excluding hydrogens is 542 g/mol. The van der Waals surface area contributed by atoms with E-state index < -0.39 is 7.14 Å². The minimum atomic E-state index is -2.47. The van der Waals surface area contributed by atoms with E-state index in [0.29, 0.717) is 5.66 Å². The second kappa shape index (κ2) is 14.4. The zero-order chi connectivity index (χ0) is 25.3. The van der Waals surface area contributed by atoms with E-state index in [1.54, 1.807) is 10.6 Å². The Morgan fingerprint density at radius 3 is 1.24 bits per heavy atom. The fourth-order valence-corrected chi connectivity index (χ4v) is 12.5. The van der Waals surface area contributed by atoms with Gasteiger partial charge >= 0.3 is 0 Å². The van der Waals surface area contributed by atoms with Gasteiger partial charge in [0.05, 0.1) is 0 Å². The minimum Gasteiger partial charge on any atom is -0.313 e. The Morgan fingerprint density at radius 1 is 0.500 bits per heavy atom. The van der Waals surface area contributed by atoms with Crippen LogP contribution in [-0.4, -0.2) is 11.3 Å². The Morgan fingerprint density at radius 2 is 0.842 bits per heavy atom. The standard InChI is InChI=1S/C17H19OP.C17H19P.Fe/c18-19(17-13-7-8-14-17,15-9-3-1-4-10-15)16-11-5-2-6-12-16;1-3-9-15(10-4-1)18(17-13-7-8-14-17)16-11-5-2-6-12-16;/h1-6,9-12,17H,7-8,13-14H2;1-6,9-12,17H,7-8,13-14H2;. The van der Waals surface area contributed by atoms with E-state index in [9.17, 15) is 4.57 Å². The molecule has 0 N–H and O–H groups in total. The average molecular weight is 580 g/mol. The summed E-state index contributed by atoms with van der Waals surface area (Å²) in [5.74, 6) is 0. The Hall–Kier alpha value is -1.94. The van der Waals surface area contributed by atoms with E-state index in [1.165, 1.54) is 38.5 Å². The Bertz CT molecular complexity index is 1170. The predicted molar refractivity (Wildman–Crippen MR) is 163 cm³/mol. The van der Waals surface area contributed by atoms with Gasteiger partial charge in [0.1, 0.15) is 7.14 Å². The molecule has 2 fully saturated rings. The van der Waals surface area contributed by atoms with Gasteiger partial charge in [-0.3, -0.25) is 0 Å². The third-order valence-electron chi connectivity index (χ3n) is 7.88. The van der Waals surface area contributed by atoms with Crippen molar-refractivity contribution in [2.24, 2.45) is 0 Å². The predicted octanol–water partition coefficient (Wildman–Crippen LogP) is 8.00. The molecule has 2 aliphatic rings. The molecule has 4 heteroatoms. The normalized spacial score (nSPS) is 16.0. The molecule has 38 heavy (non-hydrogen) atoms. The van der Waals surface area contributed by atoms with Crippen molar-refractivity contribution in [3.8, 4) is 0 Å². The molecule has 198 valence electrons. The molecular formula is C34H38FeOP2. The van der Waals surface area contributed by atoms with Crippen molar-refractivity contribution in [1.82, 2.24) is 0 Å². The number of rotatable bonds is 6. The number of hydrogen-bond donors (Lipinski definition) is 0. The van der Waals surface area contributed by atoms with Gasteiger partial charge in [-0.25, -0.2) is 0 Å². The first-order chi connectivity index (χ1) is 18.3. The van der Waals surface area contributed by atoms with E-state index in [0.717, 1.165) is 29.1 Å². The van der Waals surface area contributed by atoms with Crippen LogP contribution >= 0.6 is 15.1 Å². The van der Waals surface area contributed by atoms with Crippen LogP contribution in [0.1, 0.15) is 51.4 Å². The molecule has 2 saturated carbocycles. The van der Waals surface area contributed by atoms with Crippen molar-refractivity contribution in [2.75, 3.05) is 0 Å². The summed E-state index contributed by atoms with van der Waals surface area (Å²) >= 11 is 0. The molecule has 0 atom stereocenters. The summed E-state index contributed by atoms with van der Waals surface area (Å²) in [7, 11) is -2.62. The second-order valence-corrected chi connectivity index (χ2v) is 15.8. The molecule has 0 radical (unpaired) electrons. The largest absolute Gasteiger partial charge is 0.313 e. The van der Waals surface area contributed by atoms with Crippen LogP contribution in [0.4, 0.5) is 0 Å². The van der Waals surface area contributed by atoms with E-state index in [4.69, 9.17) is 0 Å². The van der Waals surface area contributed by atoms with Gasteiger partial charge in [0, 0.05) is 33.3 Å². The van der Waals surface area contributed by atoms with Gasteiger partial charge in [-0.1, -0.05) is 147 Å². The zero-order valence-corrected chi connectivity index (χ0v) is 24.9. The van der Waals surface area contributed by atoms with E-state index >= 15 is 0 Å². The van der Waals surface area contributed by atoms with Gasteiger partial charge in [0.2, 0.25) is 0 Å². The fourth-order valence-electron chi connectivity index (χ4n) is 6.05. The maximum Gasteiger partial charge on any atom is 0.146 e. The molecule has 6 rings (SSSR count). The maximum absolute atomic E-state index is 13.8. The van der Waals surface area contributed by atoms with Crippen molar-refractivity contribution >= 4 is 36.3 Å². The van der Waals surface area contributed by atoms with Crippen molar-refractivity contribution < 1.29 is 21.6 Å². The summed E-state index contributed by atoms with van der Waals surface area (Å²) in [5.41, 5.74) is 1.22. The minimum absolute atomic E-state index is 0. The zero-order valence-electron chi connectivity index (χ0n) is 22.0. The molecule has 0 aromatic heterocycles. The summed E-state index contributed by atoms with van der Waals surface area (Å²) in [6.07, 6.45) is 10.3. The van der Waals surface area contributed by atoms with E-state index in [2.05, 4.69) is 60.7 Å². The van der Waals surface area contributed by atoms with Crippen molar-refractivity contribution in [3.63, 3.8) is 0 Å². The van der Waals surface area contributed by atoms with Crippen LogP contribution in [-0.2, 0) is 21.6 Å². The summed E-state index contributed by atoms with van der Waals surface area (Å²) in [4.78, 5) is 0. The summed E-state index contributed by atoms with van der Waals surface area (Å²) in [5, 5.41) is 5.14. The van der Waals surface area contributed by atoms with Crippen LogP contribution in [0, 0.1) is 0 Å². The van der Waals surface area contributed by atoms with Crippen molar-refractivity contribution in [3.05, 3.63) is 121 Å². The van der Waals surface area contributed by atoms with Crippen LogP contribution in [0.2, 0.25) is 0 Å². The Labute approximate surface area is 241 Å². The molecule has 4 aromatic rings. The number of benzene rings is 4. The van der Waals surface area contributed by atoms with Crippen LogP contribution in [0.3, 0.4) is 0 Å². The topological polar surface area (TPSA) is 17.1 Å². The molecule has 1 nitrogen and oxygen atoms in total. The first-order valence-electron chi connectivity index (χ1n) is 13.9. The fraction of sp³-hybridized carbons (Fsp3) is 0.294. The molecule has 2 aliphatic carbocycles. The van der Waals surface area contributed by atoms with Gasteiger partial charge in [-0.2, -0.15) is 0 Å². The van der Waals surface area contributed by atoms with Crippen LogP contribution in [0.15, 0.2) is 121 Å². The van der Waals surface area contributed by atoms with Gasteiger partial charge in [-0.05, 0) is 49.9 Å². The molecule has 0 saturated heterocycles. The third kappa shape index (κ3) is 6.79. The molecule has 0 spiro atoms. The van der Waals surface area contributed by atoms with Crippen LogP contribution in [0.5, 0.6) is 0 Å². The van der Waals surface area contributed by atoms with Gasteiger partial charge in [-0.15, -0.1) is 0 Å². The van der Waals surface area contributed by atoms with E-state index in [-0.39, 0.29) is 25.0 Å². The van der Waals surface area contributed by atoms with Crippen molar-refractivity contribution in [1.29, 1.82) is 0 Å². The molecule has 0 bridgehead atoms. The SMILES string of the molecule is O=P(c1ccccc1)(c1ccccc1)C1CCCC1.[Fe].c1ccc(P(c2ccccc2)C2CCCC2)cc1. The van der Waals surface area contributed by atoms with Gasteiger partial charge in [0.15, 0.2) is 0 Å². The smallest absolute Gasteiger partial charge is 0.146 e. The Kier molecular flexibility index (Phi) is 11.0. The van der Waals surface area contributed by atoms with Crippen LogP contribution < -0.4 is 21.2 Å². The number of hydrogen-bond acceptors (Lipinski definition) is 1. The van der Waals surface area contributed by atoms with E-state index in [1.807, 2.05) is 60.7 Å². The third-order valence-corrected chi connectivity index (χ3v) is 14.5. The molecule has 0 heterocycles. The second-order valence-electron chi connectivity index (χ2n) is 10.2. The first kappa shape index (κ1) is 29.1. The van der Waals surface area contributed by atoms with Crippen LogP contribution in [0.25, 0.3) is 0 Å². The van der Waals surface area contributed by atoms with Gasteiger partial charge in [0.25, 0.3) is 0 Å². The summed E-state index contributed by atoms with van der Waals surface area (Å²) < 4.78 is 13.8. The first-order valence-corrected chi connectivity index (χ1v) is 17.1. The monoisotopic (exact) mass is 580 g/mol. The maximum atomic E-state index is 13.8. The Balaban J connectivity index is 0.000000173. The summed E-state index contributed by atoms with van der Waals surface area (Å²) in [6.45, 7) is 0. The molecule has 0 amide bonds. The average Bonchev–Trinajstić information content (AvgIpc) is 3.71. The van der Waals surface area contributed by atoms with Gasteiger partial charge < -0.3 is 4.57 Å². The quantitative estimate of drug-likeness (QED) is 0.167. The van der Waals surface area contributed by atoms with Crippen molar-refractivity contribution in [2.45, 2.75) is 62.7 Å². The molecule has 0 aliphatic heterocycles.